The lowest BCUT2D eigenvalue weighted by Crippen LogP contribution is -2.27. The molecule has 2 rings (SSSR count). The van der Waals surface area contributed by atoms with Gasteiger partial charge < -0.3 is 16.3 Å². The van der Waals surface area contributed by atoms with E-state index in [1.807, 2.05) is 0 Å². The number of anilines is 1. The van der Waals surface area contributed by atoms with Crippen LogP contribution in [0.25, 0.3) is 0 Å². The van der Waals surface area contributed by atoms with Gasteiger partial charge in [-0.1, -0.05) is 0 Å². The Morgan fingerprint density at radius 2 is 1.68 bits per heavy atom. The number of amides is 1. The number of nitrogens with one attached hydrogen (secondary N) is 1. The first-order valence-electron chi connectivity index (χ1n) is 7.08. The molecule has 2 aromatic carbocycles. The number of hydrazone groups is 1. The Morgan fingerprint density at radius 1 is 1.08 bits per heavy atom. The first-order chi connectivity index (χ1) is 12.0. The summed E-state index contributed by atoms with van der Waals surface area (Å²) in [5, 5.41) is 18.4. The van der Waals surface area contributed by atoms with Crippen LogP contribution in [0.5, 0.6) is 0 Å². The predicted molar refractivity (Wildman–Crippen MR) is 94.5 cm³/mol. The van der Waals surface area contributed by atoms with Gasteiger partial charge in [-0.2, -0.15) is 10.6 Å². The summed E-state index contributed by atoms with van der Waals surface area (Å²) in [5.74, 6) is 4.57. The van der Waals surface area contributed by atoms with Crippen molar-refractivity contribution in [2.24, 2.45) is 16.1 Å². The fourth-order valence-corrected chi connectivity index (χ4v) is 2.63. The molecule has 6 N–H and O–H groups in total. The number of carbonyl (C=O) groups is 2. The van der Waals surface area contributed by atoms with E-state index in [9.17, 15) is 9.59 Å². The molecule has 0 fully saturated rings. The molecule has 1 amide bonds. The Bertz CT molecular complexity index is 804. The number of hydrogen-bond acceptors (Lipinski definition) is 5. The summed E-state index contributed by atoms with van der Waals surface area (Å²) >= 11 is 1.43. The summed E-state index contributed by atoms with van der Waals surface area (Å²) in [6.07, 6.45) is 0. The third-order valence-electron chi connectivity index (χ3n) is 3.17. The monoisotopic (exact) mass is 358 g/mol. The normalized spacial score (nSPS) is 11.0. The number of hydrogen-bond donors (Lipinski definition) is 4. The standard InChI is InChI=1S/C16H15N5O3S/c17-20-14(21-18)9-25-13-7-3-10(4-8-13)15(22)19-12-5-1-11(2-6-12)16(23)24/h1-8,17H,9,18H2,(H,19,22)(H,23,24)/p+1/b20-17?,21-14-. The van der Waals surface area contributed by atoms with E-state index in [0.717, 1.165) is 4.90 Å². The van der Waals surface area contributed by atoms with Gasteiger partial charge in [-0.05, 0) is 48.5 Å². The molecule has 0 spiro atoms. The van der Waals surface area contributed by atoms with Crippen molar-refractivity contribution < 1.29 is 20.2 Å². The molecule has 2 aromatic rings. The number of nitrogens with two attached hydrogens (primary N) is 2. The minimum Gasteiger partial charge on any atom is -0.478 e. The van der Waals surface area contributed by atoms with Gasteiger partial charge in [-0.25, -0.2) is 4.79 Å². The van der Waals surface area contributed by atoms with Crippen molar-refractivity contribution in [3.8, 4) is 0 Å². The average Bonchev–Trinajstić information content (AvgIpc) is 2.63. The van der Waals surface area contributed by atoms with Crippen molar-refractivity contribution in [1.29, 1.82) is 0 Å². The van der Waals surface area contributed by atoms with Gasteiger partial charge in [0, 0.05) is 21.3 Å². The number of aromatic carboxylic acids is 1. The van der Waals surface area contributed by atoms with Gasteiger partial charge in [0.25, 0.3) is 5.91 Å². The molecule has 0 bridgehead atoms. The number of carbonyl (C=O) groups excluding carboxylic acids is 1. The van der Waals surface area contributed by atoms with E-state index < -0.39 is 5.97 Å². The van der Waals surface area contributed by atoms with Crippen LogP contribution in [-0.4, -0.2) is 28.6 Å². The van der Waals surface area contributed by atoms with Crippen LogP contribution in [-0.2, 0) is 0 Å². The number of thioether (sulfide) groups is 1. The Labute approximate surface area is 147 Å². The second-order valence-corrected chi connectivity index (χ2v) is 5.87. The third kappa shape index (κ3) is 5.15. The van der Waals surface area contributed by atoms with E-state index in [-0.39, 0.29) is 11.5 Å². The highest BCUT2D eigenvalue weighted by atomic mass is 32.2. The van der Waals surface area contributed by atoms with Gasteiger partial charge in [0.15, 0.2) is 0 Å². The van der Waals surface area contributed by atoms with Crippen LogP contribution >= 0.6 is 11.8 Å². The predicted octanol–water partition coefficient (Wildman–Crippen LogP) is 1.21. The molecule has 0 heterocycles. The van der Waals surface area contributed by atoms with E-state index in [1.165, 1.54) is 36.0 Å². The molecular formula is C16H16N5O3S+. The van der Waals surface area contributed by atoms with E-state index in [2.05, 4.69) is 15.5 Å². The maximum Gasteiger partial charge on any atom is 0.335 e. The lowest BCUT2D eigenvalue weighted by molar-refractivity contribution is -0.207. The molecule has 0 aliphatic rings. The summed E-state index contributed by atoms with van der Waals surface area (Å²) in [6, 6.07) is 12.9. The van der Waals surface area contributed by atoms with Gasteiger partial charge in [0.2, 0.25) is 5.84 Å². The zero-order chi connectivity index (χ0) is 18.2. The van der Waals surface area contributed by atoms with Crippen LogP contribution in [0.1, 0.15) is 20.7 Å². The fourth-order valence-electron chi connectivity index (χ4n) is 1.86. The van der Waals surface area contributed by atoms with E-state index in [4.69, 9.17) is 16.5 Å². The second kappa shape index (κ2) is 8.60. The van der Waals surface area contributed by atoms with Crippen LogP contribution in [0.15, 0.2) is 63.6 Å². The van der Waals surface area contributed by atoms with E-state index >= 15 is 0 Å². The van der Waals surface area contributed by atoms with Crippen LogP contribution in [0, 0.1) is 0 Å². The van der Waals surface area contributed by atoms with Gasteiger partial charge in [-0.3, -0.25) is 4.79 Å². The lowest BCUT2D eigenvalue weighted by Gasteiger charge is -2.06. The molecule has 0 aliphatic heterocycles. The smallest absolute Gasteiger partial charge is 0.335 e. The maximum absolute atomic E-state index is 12.2. The zero-order valence-electron chi connectivity index (χ0n) is 13.0. The number of benzene rings is 2. The Kier molecular flexibility index (Phi) is 6.24. The summed E-state index contributed by atoms with van der Waals surface area (Å²) in [5.41, 5.74) is 6.27. The summed E-state index contributed by atoms with van der Waals surface area (Å²) in [4.78, 5) is 23.9. The van der Waals surface area contributed by atoms with E-state index in [0.29, 0.717) is 22.8 Å². The Hall–Kier alpha value is -3.20. The first kappa shape index (κ1) is 18.1. The van der Waals surface area contributed by atoms with Crippen molar-refractivity contribution in [3.63, 3.8) is 0 Å². The molecule has 25 heavy (non-hydrogen) atoms. The van der Waals surface area contributed by atoms with Gasteiger partial charge in [0.05, 0.1) is 11.3 Å². The van der Waals surface area contributed by atoms with Crippen molar-refractivity contribution in [2.45, 2.75) is 4.90 Å². The summed E-state index contributed by atoms with van der Waals surface area (Å²) in [6.45, 7) is 0. The number of nitrogens with zero attached hydrogens (tertiary/aromatic N) is 2. The van der Waals surface area contributed by atoms with Crippen LogP contribution < -0.4 is 16.7 Å². The third-order valence-corrected chi connectivity index (χ3v) is 4.18. The molecule has 0 saturated heterocycles. The Balaban J connectivity index is 1.97. The SMILES string of the molecule is N/N=C(/CSc1ccc(C(=O)Nc2ccc(C(=O)O)cc2)cc1)N=[NH2+]. The largest absolute Gasteiger partial charge is 0.478 e. The number of rotatable bonds is 6. The molecule has 8 nitrogen and oxygen atoms in total. The summed E-state index contributed by atoms with van der Waals surface area (Å²) < 4.78 is 0. The van der Waals surface area contributed by atoms with Crippen LogP contribution in [0.2, 0.25) is 0 Å². The lowest BCUT2D eigenvalue weighted by atomic mass is 10.2. The average molecular weight is 358 g/mol. The molecule has 0 aromatic heterocycles. The van der Waals surface area contributed by atoms with Crippen molar-refractivity contribution in [3.05, 3.63) is 59.7 Å². The minimum atomic E-state index is -1.02. The summed E-state index contributed by atoms with van der Waals surface area (Å²) in [7, 11) is 0. The number of carboxylic acids is 1. The second-order valence-electron chi connectivity index (χ2n) is 4.82. The van der Waals surface area contributed by atoms with Crippen molar-refractivity contribution in [1.82, 2.24) is 0 Å². The van der Waals surface area contributed by atoms with Gasteiger partial charge >= 0.3 is 5.97 Å². The van der Waals surface area contributed by atoms with Gasteiger partial charge in [0.1, 0.15) is 0 Å². The molecule has 0 unspecified atom stereocenters. The molecule has 9 heteroatoms. The van der Waals surface area contributed by atoms with Crippen molar-refractivity contribution >= 4 is 35.2 Å². The highest BCUT2D eigenvalue weighted by molar-refractivity contribution is 8.00. The molecule has 0 atom stereocenters. The molecule has 0 aliphatic carbocycles. The molecule has 128 valence electrons. The number of carboxylic acid groups (broad SMARTS) is 1. The highest BCUT2D eigenvalue weighted by Crippen LogP contribution is 2.19. The Morgan fingerprint density at radius 3 is 2.20 bits per heavy atom. The topological polar surface area (TPSA) is 143 Å². The van der Waals surface area contributed by atoms with E-state index in [1.54, 1.807) is 24.3 Å². The molecular weight excluding hydrogens is 342 g/mol. The number of amidine groups is 1. The van der Waals surface area contributed by atoms with Crippen LogP contribution in [0.4, 0.5) is 5.69 Å². The van der Waals surface area contributed by atoms with Gasteiger partial charge in [-0.15, -0.1) is 11.8 Å². The molecule has 0 radical (unpaired) electrons. The zero-order valence-corrected chi connectivity index (χ0v) is 13.9. The maximum atomic E-state index is 12.2. The van der Waals surface area contributed by atoms with Crippen LogP contribution in [0.3, 0.4) is 0 Å². The first-order valence-corrected chi connectivity index (χ1v) is 8.07. The quantitative estimate of drug-likeness (QED) is 0.153. The van der Waals surface area contributed by atoms with Crippen molar-refractivity contribution in [2.75, 3.05) is 11.1 Å². The highest BCUT2D eigenvalue weighted by Gasteiger charge is 2.08. The molecule has 0 saturated carbocycles. The minimum absolute atomic E-state index is 0.156. The fraction of sp³-hybridized carbons (Fsp3) is 0.0625.